The molecule has 0 amide bonds. The molecule has 2 aliphatic heterocycles. The molecule has 0 aliphatic carbocycles. The molecule has 0 spiro atoms. The Kier molecular flexibility index (Phi) is 4.58. The minimum absolute atomic E-state index is 0.438. The van der Waals surface area contributed by atoms with Crippen molar-refractivity contribution in [2.24, 2.45) is 0 Å². The van der Waals surface area contributed by atoms with Crippen molar-refractivity contribution in [2.75, 3.05) is 31.6 Å². The van der Waals surface area contributed by atoms with Crippen LogP contribution in [-0.4, -0.2) is 37.2 Å². The highest BCUT2D eigenvalue weighted by atomic mass is 16.5. The molecular weight excluding hydrogens is 248 g/mol. The molecule has 0 saturated carbocycles. The van der Waals surface area contributed by atoms with Gasteiger partial charge in [-0.25, -0.2) is 0 Å². The number of likely N-dealkylation sites (tertiary alicyclic amines) is 1. The van der Waals surface area contributed by atoms with Crippen molar-refractivity contribution in [3.8, 4) is 0 Å². The SMILES string of the molecule is CCCOC1CCCN(Cc2cccc3c2NCC3)C1. The number of rotatable bonds is 5. The zero-order valence-corrected chi connectivity index (χ0v) is 12.5. The van der Waals surface area contributed by atoms with Gasteiger partial charge in [-0.1, -0.05) is 25.1 Å². The van der Waals surface area contributed by atoms with Gasteiger partial charge in [-0.05, 0) is 43.4 Å². The fourth-order valence-electron chi connectivity index (χ4n) is 3.36. The fourth-order valence-corrected chi connectivity index (χ4v) is 3.36. The van der Waals surface area contributed by atoms with Gasteiger partial charge in [-0.2, -0.15) is 0 Å². The smallest absolute Gasteiger partial charge is 0.0702 e. The molecule has 3 rings (SSSR count). The van der Waals surface area contributed by atoms with Gasteiger partial charge in [0.1, 0.15) is 0 Å². The highest BCUT2D eigenvalue weighted by Crippen LogP contribution is 2.28. The minimum Gasteiger partial charge on any atom is -0.384 e. The van der Waals surface area contributed by atoms with E-state index in [0.717, 1.165) is 32.7 Å². The summed E-state index contributed by atoms with van der Waals surface area (Å²) >= 11 is 0. The lowest BCUT2D eigenvalue weighted by Gasteiger charge is -2.33. The van der Waals surface area contributed by atoms with Crippen molar-refractivity contribution in [3.63, 3.8) is 0 Å². The van der Waals surface area contributed by atoms with E-state index < -0.39 is 0 Å². The van der Waals surface area contributed by atoms with Gasteiger partial charge in [0.05, 0.1) is 6.10 Å². The first-order chi connectivity index (χ1) is 9.86. The van der Waals surface area contributed by atoms with E-state index >= 15 is 0 Å². The van der Waals surface area contributed by atoms with Crippen molar-refractivity contribution in [2.45, 2.75) is 45.3 Å². The van der Waals surface area contributed by atoms with Gasteiger partial charge in [-0.3, -0.25) is 4.90 Å². The molecule has 1 aromatic carbocycles. The molecule has 0 bridgehead atoms. The average molecular weight is 274 g/mol. The van der Waals surface area contributed by atoms with E-state index in [1.165, 1.54) is 42.6 Å². The lowest BCUT2D eigenvalue weighted by molar-refractivity contribution is -0.00218. The molecule has 0 aromatic heterocycles. The van der Waals surface area contributed by atoms with Crippen molar-refractivity contribution >= 4 is 5.69 Å². The van der Waals surface area contributed by atoms with Gasteiger partial charge in [0.25, 0.3) is 0 Å². The molecular formula is C17H26N2O. The Balaban J connectivity index is 1.61. The second-order valence-electron chi connectivity index (χ2n) is 6.00. The zero-order valence-electron chi connectivity index (χ0n) is 12.5. The highest BCUT2D eigenvalue weighted by Gasteiger charge is 2.22. The quantitative estimate of drug-likeness (QED) is 0.893. The Morgan fingerprint density at radius 2 is 2.35 bits per heavy atom. The van der Waals surface area contributed by atoms with Crippen LogP contribution in [0.25, 0.3) is 0 Å². The van der Waals surface area contributed by atoms with E-state index in [2.05, 4.69) is 35.3 Å². The summed E-state index contributed by atoms with van der Waals surface area (Å²) in [4.78, 5) is 2.55. The number of hydrogen-bond donors (Lipinski definition) is 1. The number of nitrogens with one attached hydrogen (secondary N) is 1. The third-order valence-corrected chi connectivity index (χ3v) is 4.35. The van der Waals surface area contributed by atoms with E-state index in [0.29, 0.717) is 6.10 Å². The molecule has 3 nitrogen and oxygen atoms in total. The largest absolute Gasteiger partial charge is 0.384 e. The van der Waals surface area contributed by atoms with Crippen LogP contribution in [0.4, 0.5) is 5.69 Å². The summed E-state index contributed by atoms with van der Waals surface area (Å²) in [6.45, 7) is 7.52. The number of nitrogens with zero attached hydrogens (tertiary/aromatic N) is 1. The Bertz CT molecular complexity index is 447. The molecule has 1 N–H and O–H groups in total. The van der Waals surface area contributed by atoms with Crippen molar-refractivity contribution in [3.05, 3.63) is 29.3 Å². The normalized spacial score (nSPS) is 22.6. The summed E-state index contributed by atoms with van der Waals surface area (Å²) in [7, 11) is 0. The van der Waals surface area contributed by atoms with Gasteiger partial charge >= 0.3 is 0 Å². The molecule has 110 valence electrons. The van der Waals surface area contributed by atoms with Crippen LogP contribution in [0.5, 0.6) is 0 Å². The van der Waals surface area contributed by atoms with Crippen LogP contribution in [0.15, 0.2) is 18.2 Å². The number of hydrogen-bond acceptors (Lipinski definition) is 3. The first-order valence-corrected chi connectivity index (χ1v) is 8.05. The molecule has 1 fully saturated rings. The highest BCUT2D eigenvalue weighted by molar-refractivity contribution is 5.61. The Hall–Kier alpha value is -1.06. The van der Waals surface area contributed by atoms with Gasteiger partial charge in [0, 0.05) is 31.9 Å². The van der Waals surface area contributed by atoms with E-state index in [1.54, 1.807) is 0 Å². The predicted octanol–water partition coefficient (Wildman–Crippen LogP) is 3.05. The van der Waals surface area contributed by atoms with E-state index in [1.807, 2.05) is 0 Å². The molecule has 1 saturated heterocycles. The van der Waals surface area contributed by atoms with Crippen LogP contribution in [0.2, 0.25) is 0 Å². The molecule has 0 radical (unpaired) electrons. The van der Waals surface area contributed by atoms with E-state index in [4.69, 9.17) is 4.74 Å². The molecule has 2 aliphatic rings. The lowest BCUT2D eigenvalue weighted by Crippen LogP contribution is -2.39. The van der Waals surface area contributed by atoms with Crippen molar-refractivity contribution < 1.29 is 4.74 Å². The summed E-state index contributed by atoms with van der Waals surface area (Å²) in [5, 5.41) is 3.55. The van der Waals surface area contributed by atoms with Gasteiger partial charge in [-0.15, -0.1) is 0 Å². The Morgan fingerprint density at radius 3 is 3.25 bits per heavy atom. The maximum atomic E-state index is 5.94. The van der Waals surface area contributed by atoms with E-state index in [9.17, 15) is 0 Å². The van der Waals surface area contributed by atoms with Gasteiger partial charge < -0.3 is 10.1 Å². The standard InChI is InChI=1S/C17H26N2O/c1-2-11-20-16-7-4-10-19(13-16)12-15-6-3-5-14-8-9-18-17(14)15/h3,5-6,16,18H,2,4,7-13H2,1H3. The van der Waals surface area contributed by atoms with Crippen LogP contribution in [0.1, 0.15) is 37.3 Å². The first-order valence-electron chi connectivity index (χ1n) is 8.05. The third-order valence-electron chi connectivity index (χ3n) is 4.35. The van der Waals surface area contributed by atoms with Crippen LogP contribution in [0, 0.1) is 0 Å². The molecule has 3 heteroatoms. The monoisotopic (exact) mass is 274 g/mol. The first kappa shape index (κ1) is 13.9. The number of piperidine rings is 1. The average Bonchev–Trinajstić information content (AvgIpc) is 2.95. The minimum atomic E-state index is 0.438. The molecule has 1 unspecified atom stereocenters. The van der Waals surface area contributed by atoms with Crippen molar-refractivity contribution in [1.29, 1.82) is 0 Å². The lowest BCUT2D eigenvalue weighted by atomic mass is 10.0. The summed E-state index contributed by atoms with van der Waals surface area (Å²) in [5.74, 6) is 0. The second-order valence-corrected chi connectivity index (χ2v) is 6.00. The second kappa shape index (κ2) is 6.59. The summed E-state index contributed by atoms with van der Waals surface area (Å²) < 4.78 is 5.94. The molecule has 20 heavy (non-hydrogen) atoms. The van der Waals surface area contributed by atoms with E-state index in [-0.39, 0.29) is 0 Å². The topological polar surface area (TPSA) is 24.5 Å². The number of anilines is 1. The Morgan fingerprint density at radius 1 is 1.40 bits per heavy atom. The summed E-state index contributed by atoms with van der Waals surface area (Å²) in [6.07, 6.45) is 5.21. The van der Waals surface area contributed by atoms with Crippen LogP contribution in [0.3, 0.4) is 0 Å². The number of ether oxygens (including phenoxy) is 1. The predicted molar refractivity (Wildman–Crippen MR) is 83.2 cm³/mol. The fraction of sp³-hybridized carbons (Fsp3) is 0.647. The number of benzene rings is 1. The van der Waals surface area contributed by atoms with Crippen LogP contribution in [-0.2, 0) is 17.7 Å². The molecule has 1 atom stereocenters. The summed E-state index contributed by atoms with van der Waals surface area (Å²) in [6, 6.07) is 6.73. The maximum absolute atomic E-state index is 5.94. The maximum Gasteiger partial charge on any atom is 0.0702 e. The van der Waals surface area contributed by atoms with Crippen LogP contribution >= 0.6 is 0 Å². The number of fused-ring (bicyclic) bond motifs is 1. The number of para-hydroxylation sites is 1. The van der Waals surface area contributed by atoms with Gasteiger partial charge in [0.2, 0.25) is 0 Å². The summed E-state index contributed by atoms with van der Waals surface area (Å²) in [5.41, 5.74) is 4.33. The molecule has 1 aromatic rings. The zero-order chi connectivity index (χ0) is 13.8. The van der Waals surface area contributed by atoms with Gasteiger partial charge in [0.15, 0.2) is 0 Å². The van der Waals surface area contributed by atoms with Crippen LogP contribution < -0.4 is 5.32 Å². The third kappa shape index (κ3) is 3.15. The molecule has 2 heterocycles. The Labute approximate surface area is 122 Å². The van der Waals surface area contributed by atoms with Crippen molar-refractivity contribution in [1.82, 2.24) is 4.90 Å².